The van der Waals surface area contributed by atoms with Crippen LogP contribution in [0.5, 0.6) is 5.75 Å². The van der Waals surface area contributed by atoms with Crippen LogP contribution in [0.2, 0.25) is 0 Å². The van der Waals surface area contributed by atoms with Crippen LogP contribution in [0.15, 0.2) is 71.8 Å². The van der Waals surface area contributed by atoms with Crippen LogP contribution >= 0.6 is 0 Å². The van der Waals surface area contributed by atoms with Crippen LogP contribution in [0, 0.1) is 11.7 Å². The van der Waals surface area contributed by atoms with Crippen LogP contribution < -0.4 is 31.7 Å². The highest BCUT2D eigenvalue weighted by molar-refractivity contribution is 6.23. The van der Waals surface area contributed by atoms with E-state index in [0.29, 0.717) is 36.3 Å². The monoisotopic (exact) mass is 949 g/mol. The Morgan fingerprint density at radius 1 is 0.899 bits per heavy atom. The van der Waals surface area contributed by atoms with Gasteiger partial charge in [-0.05, 0) is 112 Å². The largest absolute Gasteiger partial charge is 0.496 e. The van der Waals surface area contributed by atoms with E-state index in [4.69, 9.17) is 10.5 Å². The van der Waals surface area contributed by atoms with Gasteiger partial charge in [-0.15, -0.1) is 0 Å². The van der Waals surface area contributed by atoms with Crippen LogP contribution in [0.4, 0.5) is 24.7 Å². The van der Waals surface area contributed by atoms with Crippen molar-refractivity contribution in [3.05, 3.63) is 106 Å². The number of methoxy groups -OCH3 is 1. The summed E-state index contributed by atoms with van der Waals surface area (Å²) in [5, 5.41) is 4.95. The van der Waals surface area contributed by atoms with Crippen molar-refractivity contribution in [2.45, 2.75) is 69.1 Å². The molecule has 2 atom stereocenters. The van der Waals surface area contributed by atoms with Crippen LogP contribution in [-0.4, -0.2) is 134 Å². The molecule has 1 unspecified atom stereocenters. The Kier molecular flexibility index (Phi) is 12.0. The molecular formula is C48H50F3N11O7. The number of alkyl halides is 2. The lowest BCUT2D eigenvalue weighted by Gasteiger charge is -2.49. The van der Waals surface area contributed by atoms with Gasteiger partial charge >= 0.3 is 5.69 Å². The molecule has 5 aliphatic heterocycles. The van der Waals surface area contributed by atoms with E-state index in [1.54, 1.807) is 41.3 Å². The molecule has 3 aromatic carbocycles. The molecule has 5 amide bonds. The lowest BCUT2D eigenvalue weighted by Crippen LogP contribution is -2.61. The second-order valence-electron chi connectivity index (χ2n) is 18.5. The van der Waals surface area contributed by atoms with E-state index in [9.17, 15) is 33.2 Å². The zero-order chi connectivity index (χ0) is 48.3. The van der Waals surface area contributed by atoms with E-state index in [1.807, 2.05) is 6.07 Å². The molecule has 0 aliphatic carbocycles. The molecule has 7 heterocycles. The van der Waals surface area contributed by atoms with Crippen LogP contribution in [0.25, 0.3) is 16.9 Å². The lowest BCUT2D eigenvalue weighted by atomic mass is 9.90. The molecule has 21 heteroatoms. The number of ether oxygens (including phenoxy) is 1. The Labute approximate surface area is 393 Å². The maximum absolute atomic E-state index is 16.3. The minimum absolute atomic E-state index is 0.00425. The van der Waals surface area contributed by atoms with Gasteiger partial charge in [0.1, 0.15) is 35.5 Å². The van der Waals surface area contributed by atoms with Gasteiger partial charge in [-0.25, -0.2) is 27.9 Å². The van der Waals surface area contributed by atoms with Crippen molar-refractivity contribution in [2.24, 2.45) is 5.92 Å². The Bertz CT molecular complexity index is 2950. The quantitative estimate of drug-likeness (QED) is 0.153. The first-order valence-electron chi connectivity index (χ1n) is 23.1. The van der Waals surface area contributed by atoms with Gasteiger partial charge in [0.25, 0.3) is 23.6 Å². The number of nitrogens with one attached hydrogen (secondary N) is 2. The zero-order valence-corrected chi connectivity index (χ0v) is 37.7. The molecule has 5 aliphatic rings. The van der Waals surface area contributed by atoms with Crippen LogP contribution in [0.3, 0.4) is 0 Å². The third kappa shape index (κ3) is 8.46. The van der Waals surface area contributed by atoms with E-state index in [-0.39, 0.29) is 65.2 Å². The zero-order valence-electron chi connectivity index (χ0n) is 37.7. The molecule has 10 rings (SSSR count). The highest BCUT2D eigenvalue weighted by Crippen LogP contribution is 2.39. The van der Waals surface area contributed by atoms with Crippen LogP contribution in [-0.2, 0) is 16.1 Å². The smallest absolute Gasteiger partial charge is 0.335 e. The summed E-state index contributed by atoms with van der Waals surface area (Å²) < 4.78 is 54.0. The molecule has 0 saturated carbocycles. The summed E-state index contributed by atoms with van der Waals surface area (Å²) >= 11 is 0. The number of imide groups is 2. The minimum Gasteiger partial charge on any atom is -0.496 e. The van der Waals surface area contributed by atoms with Crippen molar-refractivity contribution >= 4 is 52.2 Å². The van der Waals surface area contributed by atoms with Gasteiger partial charge in [0, 0.05) is 44.3 Å². The van der Waals surface area contributed by atoms with E-state index in [2.05, 4.69) is 30.4 Å². The summed E-state index contributed by atoms with van der Waals surface area (Å²) in [5.74, 6) is -6.01. The summed E-state index contributed by atoms with van der Waals surface area (Å²) in [4.78, 5) is 93.3. The molecule has 0 spiro atoms. The number of halogens is 3. The minimum atomic E-state index is -3.28. The first-order chi connectivity index (χ1) is 33.2. The van der Waals surface area contributed by atoms with Crippen LogP contribution in [0.1, 0.15) is 81.2 Å². The Hall–Kier alpha value is -7.13. The first kappa shape index (κ1) is 45.6. The number of nitrogens with zero attached hydrogens (tertiary/aromatic N) is 8. The summed E-state index contributed by atoms with van der Waals surface area (Å²) in [6.07, 6.45) is 3.95. The number of hydrogen-bond donors (Lipinski definition) is 3. The third-order valence-electron chi connectivity index (χ3n) is 14.4. The molecule has 4 fully saturated rings. The number of benzene rings is 3. The number of hydrogen-bond acceptors (Lipinski definition) is 13. The number of likely N-dealkylation sites (tertiary alicyclic amines) is 2. The van der Waals surface area contributed by atoms with Gasteiger partial charge in [0.05, 0.1) is 36.0 Å². The molecular weight excluding hydrogens is 900 g/mol. The van der Waals surface area contributed by atoms with E-state index >= 15 is 8.78 Å². The second-order valence-corrected chi connectivity index (χ2v) is 18.5. The number of nitrogen functional groups attached to an aromatic ring is 1. The normalized spacial score (nSPS) is 21.4. The third-order valence-corrected chi connectivity index (χ3v) is 14.4. The number of aromatic nitrogens is 4. The molecule has 2 aromatic heterocycles. The SMILES string of the molecule is COc1ccc(F)cc1C(=O)NCc1ccc(-n2c(=O)n([C@@H]3CCN(CCC4CCN(C5CN(c6ccc7c(c6)C(=O)N(C6CCC(=O)NC6=O)C7=O)C5)CC4)CC3(F)F)c3ncnc(N)c32)cc1. The molecule has 4 saturated heterocycles. The predicted molar refractivity (Wildman–Crippen MR) is 245 cm³/mol. The summed E-state index contributed by atoms with van der Waals surface area (Å²) in [6.45, 7) is 3.65. The van der Waals surface area contributed by atoms with Crippen molar-refractivity contribution in [1.29, 1.82) is 0 Å². The van der Waals surface area contributed by atoms with Gasteiger partial charge in [0.2, 0.25) is 11.8 Å². The fraction of sp³-hybridized carbons (Fsp3) is 0.417. The molecule has 0 bridgehead atoms. The maximum Gasteiger partial charge on any atom is 0.335 e. The predicted octanol–water partition coefficient (Wildman–Crippen LogP) is 3.52. The number of carbonyl (C=O) groups excluding carboxylic acids is 5. The molecule has 18 nitrogen and oxygen atoms in total. The molecule has 4 N–H and O–H groups in total. The molecule has 69 heavy (non-hydrogen) atoms. The molecule has 360 valence electrons. The van der Waals surface area contributed by atoms with Gasteiger partial charge in [-0.3, -0.25) is 53.1 Å². The number of imidazole rings is 1. The standard InChI is InChI=1S/C48H50F3N11O7/c1-69-37-10-4-29(49)20-35(37)43(64)53-22-28-2-5-30(6-3-28)60-40-41(52)54-26-55-42(40)62(47(60)68)38-15-17-57(25-48(38,50)51)16-12-27-13-18-58(19-14-27)32-23-59(24-32)31-7-8-33-34(21-31)46(67)61(45(33)66)36-9-11-39(63)56-44(36)65/h2-8,10,20-21,26-27,32,36,38H,9,11-19,22-25H2,1H3,(H,53,64)(H2,52,54,55)(H,56,63,65)/t36?,38-/m1/s1. The average Bonchev–Trinajstić information content (AvgIpc) is 3.75. The topological polar surface area (TPSA) is 210 Å². The van der Waals surface area contributed by atoms with Crippen molar-refractivity contribution in [3.63, 3.8) is 0 Å². The van der Waals surface area contributed by atoms with Crippen molar-refractivity contribution in [3.8, 4) is 11.4 Å². The number of rotatable bonds is 12. The maximum atomic E-state index is 16.3. The van der Waals surface area contributed by atoms with Gasteiger partial charge in [0.15, 0.2) is 11.5 Å². The number of amides is 5. The van der Waals surface area contributed by atoms with E-state index in [1.165, 1.54) is 23.8 Å². The summed E-state index contributed by atoms with van der Waals surface area (Å²) in [5.41, 5.74) is 8.00. The summed E-state index contributed by atoms with van der Waals surface area (Å²) in [6, 6.07) is 13.2. The fourth-order valence-electron chi connectivity index (χ4n) is 10.5. The number of piperidine rings is 3. The Morgan fingerprint density at radius 2 is 1.64 bits per heavy atom. The number of carbonyl (C=O) groups is 5. The van der Waals surface area contributed by atoms with Gasteiger partial charge in [-0.1, -0.05) is 12.1 Å². The number of fused-ring (bicyclic) bond motifs is 2. The Balaban J connectivity index is 0.721. The highest BCUT2D eigenvalue weighted by Gasteiger charge is 2.48. The van der Waals surface area contributed by atoms with Crippen molar-refractivity contribution in [2.75, 3.05) is 63.6 Å². The molecule has 5 aromatic rings. The van der Waals surface area contributed by atoms with E-state index < -0.39 is 65.6 Å². The summed E-state index contributed by atoms with van der Waals surface area (Å²) in [7, 11) is 1.38. The number of nitrogens with two attached hydrogens (primary N) is 1. The molecule has 0 radical (unpaired) electrons. The number of anilines is 2. The van der Waals surface area contributed by atoms with Crippen molar-refractivity contribution in [1.82, 2.24) is 44.4 Å². The highest BCUT2D eigenvalue weighted by atomic mass is 19.3. The van der Waals surface area contributed by atoms with Gasteiger partial charge in [-0.2, -0.15) is 0 Å². The average molecular weight is 950 g/mol. The fourth-order valence-corrected chi connectivity index (χ4v) is 10.5. The lowest BCUT2D eigenvalue weighted by molar-refractivity contribution is -0.136. The van der Waals surface area contributed by atoms with Gasteiger partial charge < -0.3 is 20.7 Å². The Morgan fingerprint density at radius 3 is 2.36 bits per heavy atom. The van der Waals surface area contributed by atoms with Crippen molar-refractivity contribution < 1.29 is 41.9 Å². The first-order valence-corrected chi connectivity index (χ1v) is 23.1. The second kappa shape index (κ2) is 18.1. The van der Waals surface area contributed by atoms with E-state index in [0.717, 1.165) is 73.0 Å².